The van der Waals surface area contributed by atoms with Gasteiger partial charge in [0.05, 0.1) is 27.5 Å². The summed E-state index contributed by atoms with van der Waals surface area (Å²) in [6.45, 7) is 5.40. The lowest BCUT2D eigenvalue weighted by molar-refractivity contribution is -0.133. The van der Waals surface area contributed by atoms with Gasteiger partial charge in [0.2, 0.25) is 21.7 Å². The van der Waals surface area contributed by atoms with Gasteiger partial charge in [0, 0.05) is 53.6 Å². The van der Waals surface area contributed by atoms with E-state index in [1.165, 1.54) is 23.0 Å². The number of nitrogens with zero attached hydrogens (tertiary/aromatic N) is 3. The molecular weight excluding hydrogens is 681 g/mol. The molecule has 3 aromatic heterocycles. The smallest absolute Gasteiger partial charge is 0.270 e. The molecule has 13 heteroatoms. The van der Waals surface area contributed by atoms with E-state index in [1.54, 1.807) is 63.4 Å². The molecule has 0 spiro atoms. The lowest BCUT2D eigenvalue weighted by atomic mass is 10.1. The molecule has 1 atom stereocenters. The Hall–Kier alpha value is -6.13. The van der Waals surface area contributed by atoms with Crippen LogP contribution in [-0.4, -0.2) is 53.3 Å². The summed E-state index contributed by atoms with van der Waals surface area (Å²) in [6, 6.07) is 16.7. The van der Waals surface area contributed by atoms with E-state index in [0.29, 0.717) is 57.4 Å². The van der Waals surface area contributed by atoms with Gasteiger partial charge in [0.15, 0.2) is 0 Å². The van der Waals surface area contributed by atoms with Crippen LogP contribution in [0.4, 0.5) is 5.69 Å². The molecule has 1 fully saturated rings. The van der Waals surface area contributed by atoms with Crippen LogP contribution in [0.1, 0.15) is 52.5 Å². The number of aryl methyl sites for hydroxylation is 4. The first-order valence-electron chi connectivity index (χ1n) is 16.6. The average molecular weight is 717 g/mol. The Balaban J connectivity index is 1.13. The Labute approximate surface area is 300 Å². The number of hydrogen-bond donors (Lipinski definition) is 3. The Bertz CT molecular complexity index is 2500. The fourth-order valence-corrected chi connectivity index (χ4v) is 7.48. The molecule has 1 saturated heterocycles. The predicted molar refractivity (Wildman–Crippen MR) is 196 cm³/mol. The second-order valence-corrected chi connectivity index (χ2v) is 14.5. The van der Waals surface area contributed by atoms with Crippen LogP contribution in [-0.2, 0) is 32.9 Å². The van der Waals surface area contributed by atoms with Crippen molar-refractivity contribution in [1.82, 2.24) is 25.2 Å². The van der Waals surface area contributed by atoms with E-state index < -0.39 is 21.8 Å². The summed E-state index contributed by atoms with van der Waals surface area (Å²) in [5, 5.41) is 8.67. The Morgan fingerprint density at radius 2 is 1.81 bits per heavy atom. The van der Waals surface area contributed by atoms with Crippen molar-refractivity contribution in [3.05, 3.63) is 111 Å². The third-order valence-corrected chi connectivity index (χ3v) is 10.7. The molecule has 5 aromatic rings. The number of rotatable bonds is 8. The number of carbonyl (C=O) groups is 3. The first-order valence-corrected chi connectivity index (χ1v) is 18.1. The monoisotopic (exact) mass is 716 g/mol. The highest BCUT2D eigenvalue weighted by atomic mass is 32.2. The second kappa shape index (κ2) is 14.6. The molecule has 1 aliphatic heterocycles. The molecule has 6 rings (SSSR count). The summed E-state index contributed by atoms with van der Waals surface area (Å²) in [5.74, 6) is 4.87. The number of anilines is 1. The van der Waals surface area contributed by atoms with E-state index in [0.717, 1.165) is 5.56 Å². The van der Waals surface area contributed by atoms with Crippen LogP contribution in [0.25, 0.3) is 22.2 Å². The highest BCUT2D eigenvalue weighted by Crippen LogP contribution is 2.31. The number of nitrogens with one attached hydrogen (secondary N) is 3. The third kappa shape index (κ3) is 7.33. The van der Waals surface area contributed by atoms with Gasteiger partial charge in [0.25, 0.3) is 11.5 Å². The maximum atomic E-state index is 13.9. The average Bonchev–Trinajstić information content (AvgIpc) is 3.13. The lowest BCUT2D eigenvalue weighted by Gasteiger charge is -2.22. The molecule has 12 nitrogen and oxygen atoms in total. The van der Waals surface area contributed by atoms with Gasteiger partial charge >= 0.3 is 0 Å². The molecule has 2 aromatic carbocycles. The van der Waals surface area contributed by atoms with E-state index >= 15 is 0 Å². The molecule has 264 valence electrons. The minimum absolute atomic E-state index is 0.0106. The predicted octanol–water partition coefficient (Wildman–Crippen LogP) is 4.01. The molecule has 4 heterocycles. The summed E-state index contributed by atoms with van der Waals surface area (Å²) in [7, 11) is -2.36. The first kappa shape index (κ1) is 35.7. The van der Waals surface area contributed by atoms with Gasteiger partial charge < -0.3 is 15.2 Å². The maximum absolute atomic E-state index is 13.9. The zero-order valence-electron chi connectivity index (χ0n) is 29.0. The number of carbonyl (C=O) groups excluding carboxylic acids is 3. The van der Waals surface area contributed by atoms with Gasteiger partial charge in [-0.15, -0.1) is 0 Å². The molecule has 0 aliphatic carbocycles. The number of fused-ring (bicyclic) bond motifs is 1. The van der Waals surface area contributed by atoms with Crippen molar-refractivity contribution < 1.29 is 22.8 Å². The van der Waals surface area contributed by atoms with E-state index in [-0.39, 0.29) is 45.8 Å². The van der Waals surface area contributed by atoms with Crippen molar-refractivity contribution in [2.45, 2.75) is 55.9 Å². The van der Waals surface area contributed by atoms with Crippen molar-refractivity contribution in [3.63, 3.8) is 0 Å². The topological polar surface area (TPSA) is 169 Å². The van der Waals surface area contributed by atoms with Crippen LogP contribution in [0.15, 0.2) is 87.6 Å². The van der Waals surface area contributed by atoms with Gasteiger partial charge in [0.1, 0.15) is 11.7 Å². The van der Waals surface area contributed by atoms with E-state index in [1.807, 2.05) is 19.1 Å². The van der Waals surface area contributed by atoms with Gasteiger partial charge in [-0.3, -0.25) is 34.5 Å². The van der Waals surface area contributed by atoms with Crippen molar-refractivity contribution in [2.24, 2.45) is 7.05 Å². The van der Waals surface area contributed by atoms with Crippen LogP contribution in [0, 0.1) is 25.7 Å². The van der Waals surface area contributed by atoms with Crippen LogP contribution in [0.3, 0.4) is 0 Å². The molecule has 3 amide bonds. The Morgan fingerprint density at radius 3 is 2.52 bits per heavy atom. The molecule has 0 bridgehead atoms. The summed E-state index contributed by atoms with van der Waals surface area (Å²) < 4.78 is 29.3. The normalized spacial score (nSPS) is 14.3. The minimum atomic E-state index is -4.00. The molecule has 1 aliphatic rings. The third-order valence-electron chi connectivity index (χ3n) is 8.89. The van der Waals surface area contributed by atoms with E-state index in [2.05, 4.69) is 37.8 Å². The molecule has 3 N–H and O–H groups in total. The van der Waals surface area contributed by atoms with Crippen molar-refractivity contribution in [1.29, 1.82) is 0 Å². The summed E-state index contributed by atoms with van der Waals surface area (Å²) in [5.41, 5.74) is 4.86. The van der Waals surface area contributed by atoms with Gasteiger partial charge in [-0.05, 0) is 92.4 Å². The number of amides is 3. The zero-order chi connectivity index (χ0) is 37.2. The van der Waals surface area contributed by atoms with Crippen molar-refractivity contribution in [3.8, 4) is 23.1 Å². The highest BCUT2D eigenvalue weighted by molar-refractivity contribution is 7.91. The lowest BCUT2D eigenvalue weighted by Crippen LogP contribution is -2.47. The fraction of sp³-hybridized carbons (Fsp3) is 0.231. The SMILES string of the molecule is CCc1cc(S(=O)(=O)c2ccc(-c3cnc(C(=O)NCC#Cc4cccc(NC5CCC(=O)NC5=O)c4)c(C)c3)nc2)c2cc(C)c(=O)n(C)c2c1. The zero-order valence-corrected chi connectivity index (χ0v) is 29.8. The standard InChI is InChI=1S/C39H36N6O6S/c1-5-25-19-33-30(17-24(3)39(49)45(33)4)34(20-25)52(50,51)29-11-12-31(41-22-29)27-16-23(2)36(42-21-27)38(48)40-15-7-9-26-8-6-10-28(18-26)43-32-13-14-35(46)44-37(32)47/h6,8,10-12,16-22,32,43H,5,13-15H2,1-4H3,(H,40,48)(H,44,46,47). The number of imide groups is 1. The molecule has 0 saturated carbocycles. The number of aromatic nitrogens is 3. The highest BCUT2D eigenvalue weighted by Gasteiger charge is 2.26. The molecule has 0 radical (unpaired) electrons. The number of benzene rings is 2. The second-order valence-electron chi connectivity index (χ2n) is 12.6. The van der Waals surface area contributed by atoms with Crippen LogP contribution >= 0.6 is 0 Å². The number of pyridine rings is 3. The number of hydrogen-bond acceptors (Lipinski definition) is 9. The maximum Gasteiger partial charge on any atom is 0.270 e. The quantitative estimate of drug-likeness (QED) is 0.159. The van der Waals surface area contributed by atoms with Crippen LogP contribution in [0.2, 0.25) is 0 Å². The Morgan fingerprint density at radius 1 is 1.00 bits per heavy atom. The van der Waals surface area contributed by atoms with Gasteiger partial charge in [-0.1, -0.05) is 24.8 Å². The van der Waals surface area contributed by atoms with Crippen molar-refractivity contribution in [2.75, 3.05) is 11.9 Å². The van der Waals surface area contributed by atoms with E-state index in [9.17, 15) is 27.6 Å². The molecule has 52 heavy (non-hydrogen) atoms. The number of piperidine rings is 1. The van der Waals surface area contributed by atoms with E-state index in [4.69, 9.17) is 0 Å². The molecule has 1 unspecified atom stereocenters. The minimum Gasteiger partial charge on any atom is -0.374 e. The van der Waals surface area contributed by atoms with Gasteiger partial charge in [-0.2, -0.15) is 0 Å². The van der Waals surface area contributed by atoms with Crippen LogP contribution in [0.5, 0.6) is 0 Å². The first-order chi connectivity index (χ1) is 24.8. The summed E-state index contributed by atoms with van der Waals surface area (Å²) >= 11 is 0. The largest absolute Gasteiger partial charge is 0.374 e. The van der Waals surface area contributed by atoms with Crippen molar-refractivity contribution >= 4 is 44.1 Å². The Kier molecular flexibility index (Phi) is 10.0. The number of sulfone groups is 1. The fourth-order valence-electron chi connectivity index (χ4n) is 6.03. The van der Waals surface area contributed by atoms with Crippen LogP contribution < -0.4 is 21.5 Å². The summed E-state index contributed by atoms with van der Waals surface area (Å²) in [6.07, 6.45) is 4.08. The molecular formula is C39H36N6O6S. The summed E-state index contributed by atoms with van der Waals surface area (Å²) in [4.78, 5) is 57.9. The van der Waals surface area contributed by atoms with Gasteiger partial charge in [-0.25, -0.2) is 8.42 Å².